The van der Waals surface area contributed by atoms with E-state index in [9.17, 15) is 0 Å². The molecule has 6 heteroatoms. The van der Waals surface area contributed by atoms with Crippen molar-refractivity contribution in [2.45, 2.75) is 46.2 Å². The Hall–Kier alpha value is -1.92. The van der Waals surface area contributed by atoms with E-state index in [0.717, 1.165) is 28.5 Å². The molecule has 4 nitrogen and oxygen atoms in total. The lowest BCUT2D eigenvalue weighted by atomic mass is 9.75. The highest BCUT2D eigenvalue weighted by Crippen LogP contribution is 2.55. The van der Waals surface area contributed by atoms with Crippen molar-refractivity contribution < 1.29 is 4.74 Å². The van der Waals surface area contributed by atoms with Gasteiger partial charge < -0.3 is 14.5 Å². The Bertz CT molecular complexity index is 1100. The smallest absolute Gasteiger partial charge is 0.169 e. The molecule has 0 N–H and O–H groups in total. The van der Waals surface area contributed by atoms with Crippen LogP contribution in [0.15, 0.2) is 56.8 Å². The minimum Gasteiger partial charge on any atom is -0.493 e. The van der Waals surface area contributed by atoms with E-state index in [-0.39, 0.29) is 17.5 Å². The van der Waals surface area contributed by atoms with Crippen molar-refractivity contribution in [3.8, 4) is 5.75 Å². The predicted octanol–water partition coefficient (Wildman–Crippen LogP) is 6.93. The molecule has 2 atom stereocenters. The van der Waals surface area contributed by atoms with Gasteiger partial charge in [0.15, 0.2) is 5.17 Å². The van der Waals surface area contributed by atoms with E-state index < -0.39 is 0 Å². The van der Waals surface area contributed by atoms with Crippen molar-refractivity contribution in [3.05, 3.63) is 63.0 Å². The van der Waals surface area contributed by atoms with E-state index in [1.54, 1.807) is 11.8 Å². The number of anilines is 1. The van der Waals surface area contributed by atoms with Crippen LogP contribution in [0.5, 0.6) is 5.75 Å². The van der Waals surface area contributed by atoms with Gasteiger partial charge in [0, 0.05) is 51.2 Å². The predicted molar refractivity (Wildman–Crippen MR) is 139 cm³/mol. The summed E-state index contributed by atoms with van der Waals surface area (Å²) < 4.78 is 7.48. The van der Waals surface area contributed by atoms with Crippen LogP contribution >= 0.6 is 27.7 Å². The van der Waals surface area contributed by atoms with Gasteiger partial charge in [-0.15, -0.1) is 0 Å². The van der Waals surface area contributed by atoms with Crippen LogP contribution in [0.3, 0.4) is 0 Å². The van der Waals surface area contributed by atoms with E-state index >= 15 is 0 Å². The minimum absolute atomic E-state index is 0.121. The molecule has 3 heterocycles. The van der Waals surface area contributed by atoms with Crippen LogP contribution in [0, 0.1) is 5.92 Å². The van der Waals surface area contributed by atoms with Gasteiger partial charge in [-0.1, -0.05) is 45.9 Å². The number of rotatable bonds is 4. The summed E-state index contributed by atoms with van der Waals surface area (Å²) in [5.74, 6) is 1.26. The summed E-state index contributed by atoms with van der Waals surface area (Å²) in [5.41, 5.74) is 4.82. The number of nitrogens with zero attached hydrogens (tertiary/aromatic N) is 3. The number of allylic oxidation sites excluding steroid dienone is 1. The number of benzene rings is 2. The fourth-order valence-corrected chi connectivity index (χ4v) is 6.67. The van der Waals surface area contributed by atoms with E-state index in [4.69, 9.17) is 9.73 Å². The largest absolute Gasteiger partial charge is 0.493 e. The molecule has 3 aliphatic heterocycles. The molecule has 0 fully saturated rings. The Kier molecular flexibility index (Phi) is 5.57. The second-order valence-electron chi connectivity index (χ2n) is 9.17. The van der Waals surface area contributed by atoms with Gasteiger partial charge >= 0.3 is 0 Å². The number of hydrogen-bond donors (Lipinski definition) is 0. The molecule has 5 rings (SSSR count). The second-order valence-corrected chi connectivity index (χ2v) is 11.3. The summed E-state index contributed by atoms with van der Waals surface area (Å²) in [7, 11) is 0. The van der Waals surface area contributed by atoms with E-state index in [1.165, 1.54) is 27.4 Å². The number of thioether (sulfide) groups is 1. The summed E-state index contributed by atoms with van der Waals surface area (Å²) in [6.45, 7) is 13.9. The molecular weight excluding hydrogens is 482 g/mol. The molecule has 0 spiro atoms. The average Bonchev–Trinajstić information content (AvgIpc) is 3.11. The lowest BCUT2D eigenvalue weighted by Gasteiger charge is -2.51. The molecule has 0 saturated heterocycles. The molecule has 2 aromatic carbocycles. The van der Waals surface area contributed by atoms with Crippen molar-refractivity contribution in [2.24, 2.45) is 10.9 Å². The van der Waals surface area contributed by atoms with Gasteiger partial charge in [-0.25, -0.2) is 0 Å². The maximum atomic E-state index is 6.39. The highest BCUT2D eigenvalue weighted by molar-refractivity contribution is 9.10. The number of amidine groups is 1. The maximum absolute atomic E-state index is 6.39. The maximum Gasteiger partial charge on any atom is 0.169 e. The molecule has 32 heavy (non-hydrogen) atoms. The third kappa shape index (κ3) is 3.38. The van der Waals surface area contributed by atoms with Crippen LogP contribution in [0.25, 0.3) is 5.70 Å². The Morgan fingerprint density at radius 2 is 1.88 bits per heavy atom. The van der Waals surface area contributed by atoms with E-state index in [0.29, 0.717) is 6.61 Å². The average molecular weight is 513 g/mol. The van der Waals surface area contributed by atoms with Crippen LogP contribution in [-0.4, -0.2) is 35.3 Å². The van der Waals surface area contributed by atoms with Gasteiger partial charge in [0.1, 0.15) is 5.75 Å². The summed E-state index contributed by atoms with van der Waals surface area (Å²) >= 11 is 5.37. The zero-order chi connectivity index (χ0) is 22.6. The minimum atomic E-state index is -0.121. The summed E-state index contributed by atoms with van der Waals surface area (Å²) in [6.07, 6.45) is 0. The number of ether oxygens (including phenoxy) is 1. The van der Waals surface area contributed by atoms with Crippen LogP contribution in [0.2, 0.25) is 0 Å². The molecule has 0 radical (unpaired) electrons. The number of fused-ring (bicyclic) bond motifs is 4. The first kappa shape index (κ1) is 21.9. The fraction of sp³-hybridized carbons (Fsp3) is 0.423. The number of hydrogen-bond acceptors (Lipinski definition) is 5. The molecule has 0 aliphatic carbocycles. The summed E-state index contributed by atoms with van der Waals surface area (Å²) in [6, 6.07) is 15.4. The number of halogens is 1. The van der Waals surface area contributed by atoms with Crippen molar-refractivity contribution in [2.75, 3.05) is 24.6 Å². The van der Waals surface area contributed by atoms with E-state index in [2.05, 4.69) is 103 Å². The molecule has 0 amide bonds. The molecule has 3 aliphatic rings. The van der Waals surface area contributed by atoms with Crippen LogP contribution in [0.1, 0.15) is 51.8 Å². The Morgan fingerprint density at radius 1 is 1.16 bits per heavy atom. The van der Waals surface area contributed by atoms with Gasteiger partial charge in [0.2, 0.25) is 0 Å². The Labute approximate surface area is 203 Å². The zero-order valence-corrected chi connectivity index (χ0v) is 21.8. The van der Waals surface area contributed by atoms with Crippen molar-refractivity contribution in [3.63, 3.8) is 0 Å². The second kappa shape index (κ2) is 8.14. The molecule has 0 bridgehead atoms. The van der Waals surface area contributed by atoms with Crippen molar-refractivity contribution >= 4 is 44.2 Å². The normalized spacial score (nSPS) is 23.2. The monoisotopic (exact) mass is 511 g/mol. The van der Waals surface area contributed by atoms with Crippen LogP contribution in [-0.2, 0) is 0 Å². The van der Waals surface area contributed by atoms with Crippen LogP contribution in [0.4, 0.5) is 5.69 Å². The van der Waals surface area contributed by atoms with Crippen LogP contribution < -0.4 is 9.64 Å². The SMILES string of the molecule is CCN(CC)c1ccc2c(c1)OCC1C2N=C2SC(C)=C(c3ccc(Br)cc3)N2C1(C)C. The molecule has 2 aromatic rings. The summed E-state index contributed by atoms with van der Waals surface area (Å²) in [5, 5.41) is 1.10. The quantitative estimate of drug-likeness (QED) is 0.444. The van der Waals surface area contributed by atoms with Gasteiger partial charge in [-0.3, -0.25) is 4.99 Å². The molecule has 0 aromatic heterocycles. The van der Waals surface area contributed by atoms with Crippen molar-refractivity contribution in [1.82, 2.24) is 4.90 Å². The van der Waals surface area contributed by atoms with Gasteiger partial charge in [-0.05, 0) is 58.4 Å². The Morgan fingerprint density at radius 3 is 2.56 bits per heavy atom. The van der Waals surface area contributed by atoms with Crippen molar-refractivity contribution in [1.29, 1.82) is 0 Å². The fourth-order valence-electron chi connectivity index (χ4n) is 5.24. The molecule has 2 unspecified atom stereocenters. The van der Waals surface area contributed by atoms with Gasteiger partial charge in [0.25, 0.3) is 0 Å². The topological polar surface area (TPSA) is 28.1 Å². The highest BCUT2D eigenvalue weighted by Gasteiger charge is 2.52. The third-order valence-electron chi connectivity index (χ3n) is 7.09. The first-order valence-electron chi connectivity index (χ1n) is 11.4. The molecular formula is C26H30BrN3OS. The summed E-state index contributed by atoms with van der Waals surface area (Å²) in [4.78, 5) is 11.4. The molecule has 0 saturated carbocycles. The lowest BCUT2D eigenvalue weighted by Crippen LogP contribution is -2.56. The Balaban J connectivity index is 1.56. The first-order chi connectivity index (χ1) is 15.3. The van der Waals surface area contributed by atoms with Gasteiger partial charge in [-0.2, -0.15) is 0 Å². The van der Waals surface area contributed by atoms with Gasteiger partial charge in [0.05, 0.1) is 18.3 Å². The van der Waals surface area contributed by atoms with E-state index in [1.807, 2.05) is 0 Å². The zero-order valence-electron chi connectivity index (χ0n) is 19.4. The standard InChI is InChI=1S/C26H30BrN3OS/c1-6-29(7-2)19-12-13-20-22(14-19)31-15-21-23(20)28-25-30(26(21,4)5)24(16(3)32-25)17-8-10-18(27)11-9-17/h8-14,21,23H,6-7,15H2,1-5H3. The lowest BCUT2D eigenvalue weighted by molar-refractivity contribution is 0.0745. The highest BCUT2D eigenvalue weighted by atomic mass is 79.9. The third-order valence-corrected chi connectivity index (χ3v) is 8.59. The number of aliphatic imine (C=N–C) groups is 1. The first-order valence-corrected chi connectivity index (χ1v) is 13.0. The molecule has 168 valence electrons.